The van der Waals surface area contributed by atoms with Crippen molar-refractivity contribution in [1.82, 2.24) is 0 Å². The standard InChI is InChI=1S/C8H14O2/c1-7(2)5-4-6-8(3)10-9/h7-9H,5H2,1-3H3. The predicted molar refractivity (Wildman–Crippen MR) is 40.4 cm³/mol. The third-order valence-electron chi connectivity index (χ3n) is 0.974. The van der Waals surface area contributed by atoms with Gasteiger partial charge in [-0.3, -0.25) is 5.26 Å². The Labute approximate surface area is 62.1 Å². The maximum absolute atomic E-state index is 8.10. The quantitative estimate of drug-likeness (QED) is 0.362. The summed E-state index contributed by atoms with van der Waals surface area (Å²) in [6.07, 6.45) is 0.493. The molecule has 0 rings (SSSR count). The summed E-state index contributed by atoms with van der Waals surface area (Å²) in [5, 5.41) is 8.10. The molecule has 0 aliphatic carbocycles. The largest absolute Gasteiger partial charge is 0.251 e. The van der Waals surface area contributed by atoms with E-state index in [1.54, 1.807) is 6.92 Å². The van der Waals surface area contributed by atoms with Crippen LogP contribution in [0.5, 0.6) is 0 Å². The maximum atomic E-state index is 8.10. The van der Waals surface area contributed by atoms with Gasteiger partial charge >= 0.3 is 0 Å². The van der Waals surface area contributed by atoms with E-state index in [0.717, 1.165) is 6.42 Å². The first-order valence-corrected chi connectivity index (χ1v) is 3.45. The van der Waals surface area contributed by atoms with E-state index in [2.05, 4.69) is 30.6 Å². The molecule has 10 heavy (non-hydrogen) atoms. The third kappa shape index (κ3) is 5.61. The van der Waals surface area contributed by atoms with Crippen LogP contribution >= 0.6 is 0 Å². The van der Waals surface area contributed by atoms with E-state index in [1.165, 1.54) is 0 Å². The van der Waals surface area contributed by atoms with Crippen LogP contribution in [0.4, 0.5) is 0 Å². The van der Waals surface area contributed by atoms with Crippen LogP contribution in [0.25, 0.3) is 0 Å². The Morgan fingerprint density at radius 3 is 2.40 bits per heavy atom. The molecule has 0 aliphatic heterocycles. The SMILES string of the molecule is CC(C)CC#CC(C)OO. The molecular formula is C8H14O2. The summed E-state index contributed by atoms with van der Waals surface area (Å²) in [5.74, 6) is 6.22. The fraction of sp³-hybridized carbons (Fsp3) is 0.750. The smallest absolute Gasteiger partial charge is 0.150 e. The second-order valence-corrected chi connectivity index (χ2v) is 2.67. The lowest BCUT2D eigenvalue weighted by Crippen LogP contribution is -2.00. The lowest BCUT2D eigenvalue weighted by molar-refractivity contribution is -0.258. The van der Waals surface area contributed by atoms with Crippen LogP contribution in [0.3, 0.4) is 0 Å². The zero-order valence-corrected chi connectivity index (χ0v) is 6.72. The second kappa shape index (κ2) is 5.28. The molecule has 0 saturated carbocycles. The zero-order chi connectivity index (χ0) is 7.98. The van der Waals surface area contributed by atoms with E-state index in [4.69, 9.17) is 5.26 Å². The Balaban J connectivity index is 3.48. The molecule has 0 heterocycles. The van der Waals surface area contributed by atoms with Crippen LogP contribution in [-0.2, 0) is 4.89 Å². The van der Waals surface area contributed by atoms with Gasteiger partial charge in [-0.15, -0.1) is 5.92 Å². The average molecular weight is 142 g/mol. The molecule has 0 aliphatic rings. The predicted octanol–water partition coefficient (Wildman–Crippen LogP) is 1.91. The minimum Gasteiger partial charge on any atom is -0.251 e. The van der Waals surface area contributed by atoms with Gasteiger partial charge in [-0.05, 0) is 12.8 Å². The fourth-order valence-electron chi connectivity index (χ4n) is 0.433. The molecule has 0 aromatic rings. The van der Waals surface area contributed by atoms with Crippen LogP contribution in [0.2, 0.25) is 0 Å². The van der Waals surface area contributed by atoms with Gasteiger partial charge in [0.25, 0.3) is 0 Å². The van der Waals surface area contributed by atoms with E-state index in [-0.39, 0.29) is 6.10 Å². The molecule has 1 unspecified atom stereocenters. The Morgan fingerprint density at radius 1 is 1.40 bits per heavy atom. The van der Waals surface area contributed by atoms with Gasteiger partial charge in [0.1, 0.15) is 6.10 Å². The highest BCUT2D eigenvalue weighted by atomic mass is 17.1. The molecule has 2 heteroatoms. The first-order chi connectivity index (χ1) is 4.66. The van der Waals surface area contributed by atoms with Crippen molar-refractivity contribution in [3.63, 3.8) is 0 Å². The summed E-state index contributed by atoms with van der Waals surface area (Å²) in [4.78, 5) is 3.96. The van der Waals surface area contributed by atoms with Crippen LogP contribution in [-0.4, -0.2) is 11.4 Å². The third-order valence-corrected chi connectivity index (χ3v) is 0.974. The summed E-state index contributed by atoms with van der Waals surface area (Å²) >= 11 is 0. The van der Waals surface area contributed by atoms with E-state index in [0.29, 0.717) is 5.92 Å². The summed E-state index contributed by atoms with van der Waals surface area (Å²) in [6, 6.07) is 0. The highest BCUT2D eigenvalue weighted by Gasteiger charge is 1.91. The number of hydrogen-bond donors (Lipinski definition) is 1. The molecule has 1 atom stereocenters. The lowest BCUT2D eigenvalue weighted by Gasteiger charge is -1.96. The van der Waals surface area contributed by atoms with Crippen LogP contribution in [0.15, 0.2) is 0 Å². The minimum atomic E-state index is -0.362. The Hall–Kier alpha value is -0.520. The monoisotopic (exact) mass is 142 g/mol. The molecule has 0 radical (unpaired) electrons. The van der Waals surface area contributed by atoms with Gasteiger partial charge in [-0.2, -0.15) is 0 Å². The lowest BCUT2D eigenvalue weighted by atomic mass is 10.1. The van der Waals surface area contributed by atoms with Crippen molar-refractivity contribution in [2.75, 3.05) is 0 Å². The maximum Gasteiger partial charge on any atom is 0.150 e. The molecule has 1 N–H and O–H groups in total. The van der Waals surface area contributed by atoms with Crippen molar-refractivity contribution < 1.29 is 10.1 Å². The zero-order valence-electron chi connectivity index (χ0n) is 6.72. The Bertz CT molecular complexity index is 130. The van der Waals surface area contributed by atoms with E-state index in [1.807, 2.05) is 0 Å². The highest BCUT2D eigenvalue weighted by molar-refractivity contribution is 5.03. The normalized spacial score (nSPS) is 12.5. The van der Waals surface area contributed by atoms with Gasteiger partial charge in [0, 0.05) is 6.42 Å². The van der Waals surface area contributed by atoms with E-state index in [9.17, 15) is 0 Å². The Morgan fingerprint density at radius 2 is 2.00 bits per heavy atom. The van der Waals surface area contributed by atoms with Gasteiger partial charge in [0.05, 0.1) is 0 Å². The van der Waals surface area contributed by atoms with Gasteiger partial charge < -0.3 is 0 Å². The van der Waals surface area contributed by atoms with E-state index < -0.39 is 0 Å². The van der Waals surface area contributed by atoms with E-state index >= 15 is 0 Å². The van der Waals surface area contributed by atoms with Crippen LogP contribution in [0, 0.1) is 17.8 Å². The van der Waals surface area contributed by atoms with Crippen molar-refractivity contribution in [3.8, 4) is 11.8 Å². The molecule has 0 amide bonds. The molecule has 0 fully saturated rings. The summed E-state index contributed by atoms with van der Waals surface area (Å²) in [6.45, 7) is 5.89. The summed E-state index contributed by atoms with van der Waals surface area (Å²) in [5.41, 5.74) is 0. The van der Waals surface area contributed by atoms with Crippen molar-refractivity contribution in [2.45, 2.75) is 33.3 Å². The Kier molecular flexibility index (Phi) is 5.00. The van der Waals surface area contributed by atoms with Gasteiger partial charge in [0.15, 0.2) is 0 Å². The van der Waals surface area contributed by atoms with Gasteiger partial charge in [-0.25, -0.2) is 4.89 Å². The molecule has 0 bridgehead atoms. The van der Waals surface area contributed by atoms with Gasteiger partial charge in [0.2, 0.25) is 0 Å². The minimum absolute atomic E-state index is 0.362. The summed E-state index contributed by atoms with van der Waals surface area (Å²) < 4.78 is 0. The fourth-order valence-corrected chi connectivity index (χ4v) is 0.433. The summed E-state index contributed by atoms with van der Waals surface area (Å²) in [7, 11) is 0. The number of hydrogen-bond acceptors (Lipinski definition) is 2. The topological polar surface area (TPSA) is 29.5 Å². The molecular weight excluding hydrogens is 128 g/mol. The second-order valence-electron chi connectivity index (χ2n) is 2.67. The highest BCUT2D eigenvalue weighted by Crippen LogP contribution is 1.96. The molecule has 0 aromatic carbocycles. The molecule has 58 valence electrons. The molecule has 0 aromatic heterocycles. The van der Waals surface area contributed by atoms with Crippen molar-refractivity contribution >= 4 is 0 Å². The van der Waals surface area contributed by atoms with Crippen molar-refractivity contribution in [1.29, 1.82) is 0 Å². The van der Waals surface area contributed by atoms with Crippen molar-refractivity contribution in [3.05, 3.63) is 0 Å². The van der Waals surface area contributed by atoms with Crippen LogP contribution < -0.4 is 0 Å². The molecule has 2 nitrogen and oxygen atoms in total. The van der Waals surface area contributed by atoms with Crippen molar-refractivity contribution in [2.24, 2.45) is 5.92 Å². The molecule has 0 spiro atoms. The number of rotatable bonds is 2. The first kappa shape index (κ1) is 9.48. The first-order valence-electron chi connectivity index (χ1n) is 3.45. The van der Waals surface area contributed by atoms with Crippen LogP contribution in [0.1, 0.15) is 27.2 Å². The van der Waals surface area contributed by atoms with Gasteiger partial charge in [-0.1, -0.05) is 19.8 Å². The molecule has 0 saturated heterocycles. The average Bonchev–Trinajstić information content (AvgIpc) is 1.87.